The molecule has 2 aromatic heterocycles. The maximum Gasteiger partial charge on any atom is 0.416 e. The first-order valence-corrected chi connectivity index (χ1v) is 10.1. The van der Waals surface area contributed by atoms with Crippen molar-refractivity contribution in [1.82, 2.24) is 9.55 Å². The Balaban J connectivity index is 1.55. The van der Waals surface area contributed by atoms with E-state index in [4.69, 9.17) is 0 Å². The predicted molar refractivity (Wildman–Crippen MR) is 117 cm³/mol. The van der Waals surface area contributed by atoms with E-state index in [1.807, 2.05) is 35.0 Å². The minimum Gasteiger partial charge on any atom is -0.343 e. The van der Waals surface area contributed by atoms with Crippen molar-refractivity contribution in [3.63, 3.8) is 0 Å². The molecule has 0 bridgehead atoms. The Morgan fingerprint density at radius 1 is 1.03 bits per heavy atom. The van der Waals surface area contributed by atoms with Crippen molar-refractivity contribution in [1.29, 1.82) is 0 Å². The highest BCUT2D eigenvalue weighted by Gasteiger charge is 2.31. The first-order chi connectivity index (χ1) is 15.2. The molecule has 0 unspecified atom stereocenters. The predicted octanol–water partition coefficient (Wildman–Crippen LogP) is 6.65. The molecule has 0 saturated carbocycles. The fourth-order valence-electron chi connectivity index (χ4n) is 3.28. The fraction of sp³-hybridized carbons (Fsp3) is 0.0909. The van der Waals surface area contributed by atoms with E-state index in [-0.39, 0.29) is 0 Å². The molecule has 0 spiro atoms. The zero-order valence-corrected chi connectivity index (χ0v) is 17.8. The number of rotatable bonds is 4. The topological polar surface area (TPSA) is 59.0 Å². The van der Waals surface area contributed by atoms with Crippen LogP contribution in [0.25, 0.3) is 10.9 Å². The normalized spacial score (nSPS) is 11.5. The highest BCUT2D eigenvalue weighted by Crippen LogP contribution is 2.32. The lowest BCUT2D eigenvalue weighted by atomic mass is 10.2. The first kappa shape index (κ1) is 21.8. The number of urea groups is 1. The molecule has 0 aliphatic carbocycles. The Morgan fingerprint density at radius 2 is 1.81 bits per heavy atom. The van der Waals surface area contributed by atoms with Crippen LogP contribution in [0.2, 0.25) is 0 Å². The molecular formula is C22H15BrF4N4O. The van der Waals surface area contributed by atoms with Gasteiger partial charge in [0.15, 0.2) is 0 Å². The fourth-order valence-corrected chi connectivity index (χ4v) is 3.69. The summed E-state index contributed by atoms with van der Waals surface area (Å²) in [5.74, 6) is -0.971. The lowest BCUT2D eigenvalue weighted by molar-refractivity contribution is -0.137. The number of hydrogen-bond donors (Lipinski definition) is 2. The van der Waals surface area contributed by atoms with Crippen LogP contribution in [0.4, 0.5) is 33.7 Å². The number of benzene rings is 2. The molecule has 0 saturated heterocycles. The number of amides is 2. The van der Waals surface area contributed by atoms with E-state index in [1.165, 1.54) is 0 Å². The quantitative estimate of drug-likeness (QED) is 0.240. The lowest BCUT2D eigenvalue weighted by Crippen LogP contribution is -2.20. The van der Waals surface area contributed by atoms with Crippen LogP contribution in [-0.4, -0.2) is 15.6 Å². The molecule has 4 aromatic rings. The molecule has 32 heavy (non-hydrogen) atoms. The number of carbonyl (C=O) groups is 1. The Kier molecular flexibility index (Phi) is 5.88. The van der Waals surface area contributed by atoms with E-state index in [2.05, 4.69) is 31.5 Å². The Bertz CT molecular complexity index is 1300. The summed E-state index contributed by atoms with van der Waals surface area (Å²) in [7, 11) is 0. The van der Waals surface area contributed by atoms with Gasteiger partial charge in [0, 0.05) is 24.3 Å². The number of carbonyl (C=O) groups excluding carboxylic acids is 1. The van der Waals surface area contributed by atoms with Gasteiger partial charge in [0.1, 0.15) is 10.4 Å². The zero-order valence-electron chi connectivity index (χ0n) is 16.3. The minimum atomic E-state index is -4.65. The third-order valence-electron chi connectivity index (χ3n) is 4.75. The third kappa shape index (κ3) is 4.75. The van der Waals surface area contributed by atoms with Crippen molar-refractivity contribution in [2.24, 2.45) is 0 Å². The van der Waals surface area contributed by atoms with Crippen LogP contribution >= 0.6 is 15.9 Å². The van der Waals surface area contributed by atoms with Crippen LogP contribution < -0.4 is 10.6 Å². The highest BCUT2D eigenvalue weighted by atomic mass is 79.9. The van der Waals surface area contributed by atoms with Gasteiger partial charge in [-0.2, -0.15) is 13.2 Å². The number of halogens is 5. The van der Waals surface area contributed by atoms with Gasteiger partial charge in [-0.25, -0.2) is 14.2 Å². The number of alkyl halides is 3. The molecule has 0 atom stereocenters. The average Bonchev–Trinajstić information content (AvgIpc) is 3.13. The molecule has 5 nitrogen and oxygen atoms in total. The average molecular weight is 507 g/mol. The number of fused-ring (bicyclic) bond motifs is 1. The molecule has 2 amide bonds. The number of pyridine rings is 1. The molecule has 164 valence electrons. The van der Waals surface area contributed by atoms with Gasteiger partial charge in [-0.15, -0.1) is 0 Å². The lowest BCUT2D eigenvalue weighted by Gasteiger charge is -2.12. The van der Waals surface area contributed by atoms with Gasteiger partial charge in [-0.05, 0) is 70.0 Å². The Morgan fingerprint density at radius 3 is 2.56 bits per heavy atom. The minimum absolute atomic E-state index is 0.432. The number of anilines is 2. The second kappa shape index (κ2) is 8.62. The monoisotopic (exact) mass is 506 g/mol. The second-order valence-electron chi connectivity index (χ2n) is 6.94. The summed E-state index contributed by atoms with van der Waals surface area (Å²) < 4.78 is 55.3. The van der Waals surface area contributed by atoms with Crippen molar-refractivity contribution in [2.75, 3.05) is 10.6 Å². The van der Waals surface area contributed by atoms with Crippen molar-refractivity contribution >= 4 is 44.2 Å². The van der Waals surface area contributed by atoms with Crippen molar-refractivity contribution < 1.29 is 22.4 Å². The smallest absolute Gasteiger partial charge is 0.343 e. The number of aromatic nitrogens is 2. The number of hydrogen-bond acceptors (Lipinski definition) is 2. The molecule has 0 aliphatic rings. The van der Waals surface area contributed by atoms with Gasteiger partial charge < -0.3 is 15.2 Å². The summed E-state index contributed by atoms with van der Waals surface area (Å²) in [6.07, 6.45) is -1.11. The molecule has 0 aliphatic heterocycles. The first-order valence-electron chi connectivity index (χ1n) is 9.34. The van der Waals surface area contributed by atoms with E-state index in [0.717, 1.165) is 16.5 Å². The molecule has 0 fully saturated rings. The molecule has 0 radical (unpaired) electrons. The van der Waals surface area contributed by atoms with E-state index < -0.39 is 29.3 Å². The maximum atomic E-state index is 13.9. The van der Waals surface area contributed by atoms with Gasteiger partial charge in [-0.1, -0.05) is 6.07 Å². The van der Waals surface area contributed by atoms with Crippen LogP contribution in [0.15, 0.2) is 71.6 Å². The highest BCUT2D eigenvalue weighted by molar-refractivity contribution is 9.10. The molecule has 10 heteroatoms. The summed E-state index contributed by atoms with van der Waals surface area (Å²) in [6, 6.07) is 11.8. The molecule has 4 rings (SSSR count). The second-order valence-corrected chi connectivity index (χ2v) is 7.75. The van der Waals surface area contributed by atoms with Crippen molar-refractivity contribution in [2.45, 2.75) is 12.7 Å². The van der Waals surface area contributed by atoms with E-state index in [9.17, 15) is 22.4 Å². The maximum absolute atomic E-state index is 13.9. The van der Waals surface area contributed by atoms with Gasteiger partial charge in [0.25, 0.3) is 0 Å². The van der Waals surface area contributed by atoms with Gasteiger partial charge >= 0.3 is 12.2 Å². The summed E-state index contributed by atoms with van der Waals surface area (Å²) in [5.41, 5.74) is 0.657. The summed E-state index contributed by atoms with van der Waals surface area (Å²) in [4.78, 5) is 16.5. The molecular weight excluding hydrogens is 492 g/mol. The summed E-state index contributed by atoms with van der Waals surface area (Å²) >= 11 is 3.34. The largest absolute Gasteiger partial charge is 0.416 e. The zero-order chi connectivity index (χ0) is 22.9. The third-order valence-corrected chi connectivity index (χ3v) is 5.18. The number of nitrogens with one attached hydrogen (secondary N) is 2. The van der Waals surface area contributed by atoms with E-state index in [0.29, 0.717) is 35.0 Å². The summed E-state index contributed by atoms with van der Waals surface area (Å²) in [6.45, 7) is 0.565. The Hall–Kier alpha value is -3.40. The molecule has 2 heterocycles. The van der Waals surface area contributed by atoms with Gasteiger partial charge in [-0.3, -0.25) is 0 Å². The number of nitrogens with zero attached hydrogens (tertiary/aromatic N) is 2. The SMILES string of the molecule is O=C(Nc1cc(C(F)(F)F)ccc1F)Nc1cccc2c1ccn2Cc1ccnc(Br)c1. The van der Waals surface area contributed by atoms with Crippen LogP contribution in [0, 0.1) is 5.82 Å². The van der Waals surface area contributed by atoms with Gasteiger partial charge in [0.2, 0.25) is 0 Å². The van der Waals surface area contributed by atoms with Crippen molar-refractivity contribution in [3.05, 3.63) is 88.5 Å². The van der Waals surface area contributed by atoms with Crippen LogP contribution in [-0.2, 0) is 12.7 Å². The standard InChI is InChI=1S/C22H15BrF4N4O/c23-20-10-13(6-8-28-20)12-31-9-7-15-17(2-1-3-19(15)31)29-21(32)30-18-11-14(22(25,26)27)4-5-16(18)24/h1-11H,12H2,(H2,29,30,32). The van der Waals surface area contributed by atoms with E-state index in [1.54, 1.807) is 18.3 Å². The molecule has 2 N–H and O–H groups in total. The molecule has 2 aromatic carbocycles. The van der Waals surface area contributed by atoms with Crippen LogP contribution in [0.5, 0.6) is 0 Å². The van der Waals surface area contributed by atoms with Crippen molar-refractivity contribution in [3.8, 4) is 0 Å². The van der Waals surface area contributed by atoms with Crippen LogP contribution in [0.1, 0.15) is 11.1 Å². The summed E-state index contributed by atoms with van der Waals surface area (Å²) in [5, 5.41) is 5.44. The Labute approximate surface area is 188 Å². The van der Waals surface area contributed by atoms with Gasteiger partial charge in [0.05, 0.1) is 22.5 Å². The van der Waals surface area contributed by atoms with Crippen LogP contribution in [0.3, 0.4) is 0 Å². The van der Waals surface area contributed by atoms with E-state index >= 15 is 0 Å².